The molecule has 0 aromatic carbocycles. The molecule has 1 unspecified atom stereocenters. The van der Waals surface area contributed by atoms with Crippen molar-refractivity contribution in [2.24, 2.45) is 5.73 Å². The van der Waals surface area contributed by atoms with Gasteiger partial charge in [-0.25, -0.2) is 9.97 Å². The van der Waals surface area contributed by atoms with Crippen molar-refractivity contribution < 1.29 is 0 Å². The fraction of sp³-hybridized carbons (Fsp3) is 0.667. The van der Waals surface area contributed by atoms with Crippen LogP contribution in [0, 0.1) is 0 Å². The Morgan fingerprint density at radius 2 is 2.33 bits per heavy atom. The van der Waals surface area contributed by atoms with Crippen molar-refractivity contribution in [1.29, 1.82) is 0 Å². The quantitative estimate of drug-likeness (QED) is 0.803. The van der Waals surface area contributed by atoms with Crippen LogP contribution >= 0.6 is 0 Å². The third-order valence-corrected chi connectivity index (χ3v) is 3.10. The molecule has 0 fully saturated rings. The monoisotopic (exact) mass is 205 g/mol. The van der Waals surface area contributed by atoms with Gasteiger partial charge in [-0.3, -0.25) is 0 Å². The average molecular weight is 205 g/mol. The van der Waals surface area contributed by atoms with Crippen molar-refractivity contribution in [2.45, 2.75) is 44.9 Å². The highest BCUT2D eigenvalue weighted by molar-refractivity contribution is 5.25. The minimum absolute atomic E-state index is 0.399. The van der Waals surface area contributed by atoms with Crippen molar-refractivity contribution >= 4 is 0 Å². The van der Waals surface area contributed by atoms with Crippen molar-refractivity contribution in [3.8, 4) is 0 Å². The van der Waals surface area contributed by atoms with Crippen LogP contribution in [0.1, 0.15) is 55.6 Å². The standard InChI is InChI=1S/C12H19N3/c1-8(2)12-14-7-10-5-3-4-9(6-13)11(10)15-12/h7-9H,3-6,13H2,1-2H3. The van der Waals surface area contributed by atoms with Gasteiger partial charge in [0.25, 0.3) is 0 Å². The summed E-state index contributed by atoms with van der Waals surface area (Å²) >= 11 is 0. The van der Waals surface area contributed by atoms with Gasteiger partial charge < -0.3 is 5.73 Å². The predicted molar refractivity (Wildman–Crippen MR) is 60.9 cm³/mol. The van der Waals surface area contributed by atoms with Crippen molar-refractivity contribution in [2.75, 3.05) is 6.54 Å². The van der Waals surface area contributed by atoms with Crippen LogP contribution in [-0.2, 0) is 6.42 Å². The zero-order chi connectivity index (χ0) is 10.8. The number of hydrogen-bond donors (Lipinski definition) is 1. The molecule has 1 aromatic rings. The Labute approximate surface area is 91.1 Å². The molecule has 1 aromatic heterocycles. The summed E-state index contributed by atoms with van der Waals surface area (Å²) in [6.45, 7) is 4.96. The summed E-state index contributed by atoms with van der Waals surface area (Å²) in [6, 6.07) is 0. The maximum atomic E-state index is 5.78. The van der Waals surface area contributed by atoms with Gasteiger partial charge in [-0.2, -0.15) is 0 Å². The molecule has 0 saturated carbocycles. The van der Waals surface area contributed by atoms with Crippen molar-refractivity contribution in [1.82, 2.24) is 9.97 Å². The Morgan fingerprint density at radius 3 is 3.00 bits per heavy atom. The van der Waals surface area contributed by atoms with Crippen LogP contribution in [0.4, 0.5) is 0 Å². The van der Waals surface area contributed by atoms with Crippen LogP contribution in [0.15, 0.2) is 6.20 Å². The summed E-state index contributed by atoms with van der Waals surface area (Å²) < 4.78 is 0. The number of aromatic nitrogens is 2. The zero-order valence-electron chi connectivity index (χ0n) is 9.53. The van der Waals surface area contributed by atoms with E-state index in [9.17, 15) is 0 Å². The van der Waals surface area contributed by atoms with Crippen LogP contribution in [0.5, 0.6) is 0 Å². The van der Waals surface area contributed by atoms with Crippen molar-refractivity contribution in [3.63, 3.8) is 0 Å². The topological polar surface area (TPSA) is 51.8 Å². The Balaban J connectivity index is 2.39. The minimum atomic E-state index is 0.399. The van der Waals surface area contributed by atoms with Gasteiger partial charge in [-0.1, -0.05) is 13.8 Å². The molecule has 1 aliphatic carbocycles. The first kappa shape index (κ1) is 10.6. The summed E-state index contributed by atoms with van der Waals surface area (Å²) in [5.74, 6) is 1.80. The zero-order valence-corrected chi connectivity index (χ0v) is 9.53. The summed E-state index contributed by atoms with van der Waals surface area (Å²) in [5.41, 5.74) is 8.30. The van der Waals surface area contributed by atoms with Gasteiger partial charge in [-0.15, -0.1) is 0 Å². The summed E-state index contributed by atoms with van der Waals surface area (Å²) in [6.07, 6.45) is 5.51. The van der Waals surface area contributed by atoms with E-state index in [1.807, 2.05) is 6.20 Å². The molecule has 0 saturated heterocycles. The summed E-state index contributed by atoms with van der Waals surface area (Å²) in [7, 11) is 0. The Hall–Kier alpha value is -0.960. The molecule has 2 rings (SSSR count). The van der Waals surface area contributed by atoms with Crippen LogP contribution in [0.2, 0.25) is 0 Å². The first-order valence-electron chi connectivity index (χ1n) is 5.78. The highest BCUT2D eigenvalue weighted by atomic mass is 14.9. The van der Waals surface area contributed by atoms with Gasteiger partial charge >= 0.3 is 0 Å². The van der Waals surface area contributed by atoms with Gasteiger partial charge in [0.2, 0.25) is 0 Å². The molecule has 3 heteroatoms. The maximum Gasteiger partial charge on any atom is 0.131 e. The van der Waals surface area contributed by atoms with E-state index in [0.717, 1.165) is 12.2 Å². The SMILES string of the molecule is CC(C)c1ncc2c(n1)C(CN)CCC2. The Morgan fingerprint density at radius 1 is 1.53 bits per heavy atom. The predicted octanol–water partition coefficient (Wildman–Crippen LogP) is 1.98. The molecule has 3 nitrogen and oxygen atoms in total. The second-order valence-corrected chi connectivity index (χ2v) is 4.62. The molecule has 0 amide bonds. The van der Waals surface area contributed by atoms with Gasteiger partial charge in [0.05, 0.1) is 5.69 Å². The Kier molecular flexibility index (Phi) is 3.00. The number of rotatable bonds is 2. The summed E-state index contributed by atoms with van der Waals surface area (Å²) in [4.78, 5) is 9.08. The van der Waals surface area contributed by atoms with E-state index in [1.165, 1.54) is 24.1 Å². The van der Waals surface area contributed by atoms with Crippen molar-refractivity contribution in [3.05, 3.63) is 23.3 Å². The second-order valence-electron chi connectivity index (χ2n) is 4.62. The molecule has 0 radical (unpaired) electrons. The molecule has 1 aliphatic rings. The minimum Gasteiger partial charge on any atom is -0.330 e. The van der Waals surface area contributed by atoms with E-state index in [-0.39, 0.29) is 0 Å². The van der Waals surface area contributed by atoms with Gasteiger partial charge in [0.15, 0.2) is 0 Å². The van der Waals surface area contributed by atoms with Crippen LogP contribution in [0.3, 0.4) is 0 Å². The maximum absolute atomic E-state index is 5.78. The van der Waals surface area contributed by atoms with E-state index < -0.39 is 0 Å². The number of nitrogens with two attached hydrogens (primary N) is 1. The Bertz CT molecular complexity index is 347. The van der Waals surface area contributed by atoms with Crippen LogP contribution in [-0.4, -0.2) is 16.5 Å². The first-order chi connectivity index (χ1) is 7.22. The smallest absolute Gasteiger partial charge is 0.131 e. The third-order valence-electron chi connectivity index (χ3n) is 3.10. The molecular formula is C12H19N3. The van der Waals surface area contributed by atoms with Gasteiger partial charge in [0, 0.05) is 24.6 Å². The lowest BCUT2D eigenvalue weighted by Crippen LogP contribution is -2.21. The van der Waals surface area contributed by atoms with E-state index in [1.54, 1.807) is 0 Å². The highest BCUT2D eigenvalue weighted by Gasteiger charge is 2.21. The largest absolute Gasteiger partial charge is 0.330 e. The molecule has 15 heavy (non-hydrogen) atoms. The lowest BCUT2D eigenvalue weighted by Gasteiger charge is -2.23. The van der Waals surface area contributed by atoms with Gasteiger partial charge in [-0.05, 0) is 24.8 Å². The van der Waals surface area contributed by atoms with Crippen LogP contribution < -0.4 is 5.73 Å². The van der Waals surface area contributed by atoms with Gasteiger partial charge in [0.1, 0.15) is 5.82 Å². The van der Waals surface area contributed by atoms with E-state index in [0.29, 0.717) is 18.4 Å². The third kappa shape index (κ3) is 2.02. The normalized spacial score (nSPS) is 20.4. The molecule has 0 aliphatic heterocycles. The fourth-order valence-corrected chi connectivity index (χ4v) is 2.16. The second kappa shape index (κ2) is 4.27. The summed E-state index contributed by atoms with van der Waals surface area (Å²) in [5, 5.41) is 0. The lowest BCUT2D eigenvalue weighted by molar-refractivity contribution is 0.535. The fourth-order valence-electron chi connectivity index (χ4n) is 2.16. The molecule has 0 bridgehead atoms. The van der Waals surface area contributed by atoms with Crippen LogP contribution in [0.25, 0.3) is 0 Å². The lowest BCUT2D eigenvalue weighted by atomic mass is 9.87. The number of fused-ring (bicyclic) bond motifs is 1. The molecule has 2 N–H and O–H groups in total. The molecular weight excluding hydrogens is 186 g/mol. The number of hydrogen-bond acceptors (Lipinski definition) is 3. The van der Waals surface area contributed by atoms with E-state index in [4.69, 9.17) is 5.73 Å². The molecule has 1 atom stereocenters. The molecule has 1 heterocycles. The highest BCUT2D eigenvalue weighted by Crippen LogP contribution is 2.29. The first-order valence-corrected chi connectivity index (χ1v) is 5.78. The van der Waals surface area contributed by atoms with E-state index >= 15 is 0 Å². The molecule has 0 spiro atoms. The van der Waals surface area contributed by atoms with E-state index in [2.05, 4.69) is 23.8 Å². The number of nitrogens with zero attached hydrogens (tertiary/aromatic N) is 2. The number of aryl methyl sites for hydroxylation is 1. The molecule has 82 valence electrons. The average Bonchev–Trinajstić information content (AvgIpc) is 2.27.